The number of rotatable bonds is 4. The van der Waals surface area contributed by atoms with Gasteiger partial charge in [-0.15, -0.1) is 0 Å². The lowest BCUT2D eigenvalue weighted by Crippen LogP contribution is -1.94. The fourth-order valence-electron chi connectivity index (χ4n) is 1.82. The highest BCUT2D eigenvalue weighted by Gasteiger charge is 2.06. The second-order valence-electron chi connectivity index (χ2n) is 4.66. The molecule has 0 aromatic heterocycles. The molecule has 2 N–H and O–H groups in total. The first-order valence-corrected chi connectivity index (χ1v) is 6.43. The van der Waals surface area contributed by atoms with Crippen LogP contribution in [0.3, 0.4) is 0 Å². The summed E-state index contributed by atoms with van der Waals surface area (Å²) in [6, 6.07) is 11.9. The maximum absolute atomic E-state index is 13.1. The highest BCUT2D eigenvalue weighted by atomic mass is 19.1. The van der Waals surface area contributed by atoms with Crippen LogP contribution in [0.5, 0.6) is 11.5 Å². The van der Waals surface area contributed by atoms with Crippen molar-refractivity contribution in [2.75, 3.05) is 5.73 Å². The van der Waals surface area contributed by atoms with Crippen LogP contribution in [0.2, 0.25) is 0 Å². The molecule has 0 saturated carbocycles. The van der Waals surface area contributed by atoms with Crippen molar-refractivity contribution in [3.63, 3.8) is 0 Å². The molecule has 0 fully saturated rings. The number of hydrogen-bond donors (Lipinski definition) is 1. The normalized spacial score (nSPS) is 12.2. The van der Waals surface area contributed by atoms with Crippen molar-refractivity contribution in [3.05, 3.63) is 53.8 Å². The molecule has 3 heteroatoms. The van der Waals surface area contributed by atoms with Crippen LogP contribution in [0, 0.1) is 5.82 Å². The average Bonchev–Trinajstić information content (AvgIpc) is 2.43. The van der Waals surface area contributed by atoms with E-state index in [0.29, 0.717) is 23.1 Å². The molecule has 0 radical (unpaired) electrons. The summed E-state index contributed by atoms with van der Waals surface area (Å²) in [4.78, 5) is 0. The van der Waals surface area contributed by atoms with Gasteiger partial charge in [-0.25, -0.2) is 4.39 Å². The minimum Gasteiger partial charge on any atom is -0.455 e. The van der Waals surface area contributed by atoms with E-state index in [9.17, 15) is 4.39 Å². The lowest BCUT2D eigenvalue weighted by Gasteiger charge is -2.11. The van der Waals surface area contributed by atoms with E-state index >= 15 is 0 Å². The SMILES string of the molecule is CCC(C)c1ccc(Oc2cc(F)ccc2N)cc1. The van der Waals surface area contributed by atoms with Crippen molar-refractivity contribution < 1.29 is 9.13 Å². The van der Waals surface area contributed by atoms with Gasteiger partial charge in [-0.3, -0.25) is 0 Å². The van der Waals surface area contributed by atoms with Crippen LogP contribution in [0.25, 0.3) is 0 Å². The number of benzene rings is 2. The Morgan fingerprint density at radius 3 is 2.47 bits per heavy atom. The predicted octanol–water partition coefficient (Wildman–Crippen LogP) is 4.71. The highest BCUT2D eigenvalue weighted by molar-refractivity contribution is 5.53. The summed E-state index contributed by atoms with van der Waals surface area (Å²) in [6.45, 7) is 4.34. The van der Waals surface area contributed by atoms with Crippen LogP contribution in [0.4, 0.5) is 10.1 Å². The molecular formula is C16H18FNO. The Morgan fingerprint density at radius 2 is 1.84 bits per heavy atom. The highest BCUT2D eigenvalue weighted by Crippen LogP contribution is 2.29. The summed E-state index contributed by atoms with van der Waals surface area (Å²) in [6.07, 6.45) is 1.09. The van der Waals surface area contributed by atoms with Crippen molar-refractivity contribution >= 4 is 5.69 Å². The van der Waals surface area contributed by atoms with Crippen molar-refractivity contribution in [1.82, 2.24) is 0 Å². The summed E-state index contributed by atoms with van der Waals surface area (Å²) in [5, 5.41) is 0. The molecule has 1 atom stereocenters. The quantitative estimate of drug-likeness (QED) is 0.807. The van der Waals surface area contributed by atoms with Gasteiger partial charge in [0.05, 0.1) is 5.69 Å². The number of anilines is 1. The van der Waals surface area contributed by atoms with E-state index in [1.165, 1.54) is 23.8 Å². The zero-order valence-corrected chi connectivity index (χ0v) is 11.2. The van der Waals surface area contributed by atoms with Gasteiger partial charge >= 0.3 is 0 Å². The van der Waals surface area contributed by atoms with E-state index in [4.69, 9.17) is 10.5 Å². The van der Waals surface area contributed by atoms with Crippen molar-refractivity contribution in [3.8, 4) is 11.5 Å². The first-order valence-electron chi connectivity index (χ1n) is 6.43. The van der Waals surface area contributed by atoms with E-state index in [1.54, 1.807) is 0 Å². The third-order valence-electron chi connectivity index (χ3n) is 3.26. The summed E-state index contributed by atoms with van der Waals surface area (Å²) in [5.74, 6) is 1.16. The fourth-order valence-corrected chi connectivity index (χ4v) is 1.82. The molecule has 0 aliphatic rings. The Labute approximate surface area is 113 Å². The molecule has 0 aliphatic carbocycles. The van der Waals surface area contributed by atoms with E-state index < -0.39 is 0 Å². The molecule has 0 saturated heterocycles. The molecule has 1 unspecified atom stereocenters. The molecule has 2 aromatic rings. The van der Waals surface area contributed by atoms with E-state index in [2.05, 4.69) is 13.8 Å². The number of ether oxygens (including phenoxy) is 1. The Hall–Kier alpha value is -2.03. The average molecular weight is 259 g/mol. The van der Waals surface area contributed by atoms with Gasteiger partial charge in [0, 0.05) is 6.07 Å². The smallest absolute Gasteiger partial charge is 0.153 e. The second-order valence-corrected chi connectivity index (χ2v) is 4.66. The minimum absolute atomic E-state index is 0.344. The molecule has 2 nitrogen and oxygen atoms in total. The molecule has 19 heavy (non-hydrogen) atoms. The van der Waals surface area contributed by atoms with E-state index in [0.717, 1.165) is 6.42 Å². The summed E-state index contributed by atoms with van der Waals surface area (Å²) >= 11 is 0. The van der Waals surface area contributed by atoms with Crippen LogP contribution in [0.15, 0.2) is 42.5 Å². The van der Waals surface area contributed by atoms with Gasteiger partial charge < -0.3 is 10.5 Å². The molecule has 100 valence electrons. The van der Waals surface area contributed by atoms with Crippen molar-refractivity contribution in [2.45, 2.75) is 26.2 Å². The predicted molar refractivity (Wildman–Crippen MR) is 76.0 cm³/mol. The number of halogens is 1. The molecule has 2 aromatic carbocycles. The monoisotopic (exact) mass is 259 g/mol. The van der Waals surface area contributed by atoms with Gasteiger partial charge in [-0.05, 0) is 42.2 Å². The van der Waals surface area contributed by atoms with Crippen LogP contribution < -0.4 is 10.5 Å². The summed E-state index contributed by atoms with van der Waals surface area (Å²) < 4.78 is 18.7. The van der Waals surface area contributed by atoms with Crippen LogP contribution in [0.1, 0.15) is 31.7 Å². The fraction of sp³-hybridized carbons (Fsp3) is 0.250. The standard InChI is InChI=1S/C16H18FNO/c1-3-11(2)12-4-7-14(8-5-12)19-16-10-13(17)6-9-15(16)18/h4-11H,3,18H2,1-2H3. The van der Waals surface area contributed by atoms with Gasteiger partial charge in [0.25, 0.3) is 0 Å². The Kier molecular flexibility index (Phi) is 4.05. The van der Waals surface area contributed by atoms with Crippen molar-refractivity contribution in [2.24, 2.45) is 0 Å². The lowest BCUT2D eigenvalue weighted by atomic mass is 9.99. The van der Waals surface area contributed by atoms with Crippen LogP contribution in [-0.2, 0) is 0 Å². The van der Waals surface area contributed by atoms with Gasteiger partial charge in [-0.1, -0.05) is 26.0 Å². The first-order chi connectivity index (χ1) is 9.10. The Bertz CT molecular complexity index is 551. The molecule has 0 spiro atoms. The summed E-state index contributed by atoms with van der Waals surface area (Å²) in [7, 11) is 0. The van der Waals surface area contributed by atoms with Gasteiger partial charge in [0.15, 0.2) is 5.75 Å². The number of nitrogens with two attached hydrogens (primary N) is 1. The van der Waals surface area contributed by atoms with E-state index in [-0.39, 0.29) is 5.82 Å². The maximum atomic E-state index is 13.1. The summed E-state index contributed by atoms with van der Waals surface area (Å²) in [5.41, 5.74) is 7.43. The Balaban J connectivity index is 2.17. The second kappa shape index (κ2) is 5.74. The molecule has 0 aliphatic heterocycles. The third-order valence-corrected chi connectivity index (χ3v) is 3.26. The lowest BCUT2D eigenvalue weighted by molar-refractivity contribution is 0.479. The third kappa shape index (κ3) is 3.25. The maximum Gasteiger partial charge on any atom is 0.153 e. The molecule has 0 heterocycles. The van der Waals surface area contributed by atoms with Crippen molar-refractivity contribution in [1.29, 1.82) is 0 Å². The van der Waals surface area contributed by atoms with Gasteiger partial charge in [-0.2, -0.15) is 0 Å². The van der Waals surface area contributed by atoms with Gasteiger partial charge in [0.1, 0.15) is 11.6 Å². The zero-order valence-electron chi connectivity index (χ0n) is 11.2. The molecular weight excluding hydrogens is 241 g/mol. The van der Waals surface area contributed by atoms with Gasteiger partial charge in [0.2, 0.25) is 0 Å². The largest absolute Gasteiger partial charge is 0.455 e. The van der Waals surface area contributed by atoms with Crippen LogP contribution in [-0.4, -0.2) is 0 Å². The topological polar surface area (TPSA) is 35.2 Å². The minimum atomic E-state index is -0.361. The first kappa shape index (κ1) is 13.4. The zero-order chi connectivity index (χ0) is 13.8. The number of nitrogen functional groups attached to an aromatic ring is 1. The molecule has 0 bridgehead atoms. The molecule has 0 amide bonds. The Morgan fingerprint density at radius 1 is 1.16 bits per heavy atom. The van der Waals surface area contributed by atoms with Crippen LogP contribution >= 0.6 is 0 Å². The van der Waals surface area contributed by atoms with E-state index in [1.807, 2.05) is 24.3 Å². The molecule has 2 rings (SSSR count). The number of hydrogen-bond acceptors (Lipinski definition) is 2.